The van der Waals surface area contributed by atoms with E-state index in [-0.39, 0.29) is 29.0 Å². The van der Waals surface area contributed by atoms with Gasteiger partial charge in [0.2, 0.25) is 0 Å². The third-order valence-corrected chi connectivity index (χ3v) is 8.11. The number of likely N-dealkylation sites (tertiary alicyclic amines) is 1. The summed E-state index contributed by atoms with van der Waals surface area (Å²) in [6, 6.07) is 1.75. The van der Waals surface area contributed by atoms with E-state index >= 15 is 0 Å². The Labute approximate surface area is 174 Å². The van der Waals surface area contributed by atoms with E-state index < -0.39 is 9.84 Å². The molecule has 1 aromatic heterocycles. The van der Waals surface area contributed by atoms with Crippen molar-refractivity contribution < 1.29 is 13.2 Å². The summed E-state index contributed by atoms with van der Waals surface area (Å²) in [7, 11) is -2.99. The molecule has 0 aromatic carbocycles. The van der Waals surface area contributed by atoms with Gasteiger partial charge in [0.25, 0.3) is 5.91 Å². The third kappa shape index (κ3) is 5.02. The lowest BCUT2D eigenvalue weighted by Gasteiger charge is -2.37. The van der Waals surface area contributed by atoms with Crippen LogP contribution in [0.4, 0.5) is 0 Å². The van der Waals surface area contributed by atoms with Crippen molar-refractivity contribution >= 4 is 15.7 Å². The lowest BCUT2D eigenvalue weighted by atomic mass is 9.97. The Kier molecular flexibility index (Phi) is 5.53. The van der Waals surface area contributed by atoms with E-state index in [1.54, 1.807) is 0 Å². The zero-order chi connectivity index (χ0) is 20.8. The number of hydrogen-bond acceptors (Lipinski definition) is 5. The first-order chi connectivity index (χ1) is 13.6. The number of amides is 1. The van der Waals surface area contributed by atoms with Gasteiger partial charge in [0, 0.05) is 30.2 Å². The molecule has 0 spiro atoms. The number of sulfone groups is 1. The van der Waals surface area contributed by atoms with Crippen molar-refractivity contribution in [3.8, 4) is 0 Å². The number of aromatic nitrogens is 2. The number of hydrogen-bond donors (Lipinski definition) is 1. The van der Waals surface area contributed by atoms with Gasteiger partial charge in [0.15, 0.2) is 9.84 Å². The highest BCUT2D eigenvalue weighted by Gasteiger charge is 2.36. The van der Waals surface area contributed by atoms with Crippen LogP contribution in [0.2, 0.25) is 0 Å². The number of piperidine rings is 1. The van der Waals surface area contributed by atoms with Crippen LogP contribution in [0.25, 0.3) is 0 Å². The highest BCUT2D eigenvalue weighted by Crippen LogP contribution is 2.42. The SMILES string of the molecule is C[C@@H]1CCCN(CC(C)(C)NC(=O)c2cc(C3CC3)n([C@H]3CCS(=O)(=O)C3)n2)C1. The zero-order valence-corrected chi connectivity index (χ0v) is 18.7. The maximum absolute atomic E-state index is 13.0. The fourth-order valence-corrected chi connectivity index (χ4v) is 6.56. The van der Waals surface area contributed by atoms with Crippen molar-refractivity contribution in [2.24, 2.45) is 5.92 Å². The Bertz CT molecular complexity index is 872. The van der Waals surface area contributed by atoms with Crippen LogP contribution in [0, 0.1) is 5.92 Å². The Morgan fingerprint density at radius 2 is 2.03 bits per heavy atom. The normalized spacial score (nSPS) is 27.8. The van der Waals surface area contributed by atoms with Crippen LogP contribution in [-0.4, -0.2) is 65.7 Å². The van der Waals surface area contributed by atoms with Crippen LogP contribution >= 0.6 is 0 Å². The second kappa shape index (κ2) is 7.69. The van der Waals surface area contributed by atoms with Gasteiger partial charge < -0.3 is 10.2 Å². The molecule has 2 saturated heterocycles. The van der Waals surface area contributed by atoms with E-state index in [0.29, 0.717) is 24.0 Å². The Morgan fingerprint density at radius 3 is 2.66 bits per heavy atom. The van der Waals surface area contributed by atoms with Crippen LogP contribution in [0.1, 0.15) is 81.0 Å². The summed E-state index contributed by atoms with van der Waals surface area (Å²) in [6.07, 6.45) is 5.26. The van der Waals surface area contributed by atoms with Gasteiger partial charge in [-0.15, -0.1) is 0 Å². The van der Waals surface area contributed by atoms with E-state index in [9.17, 15) is 13.2 Å². The third-order valence-electron chi connectivity index (χ3n) is 6.36. The highest BCUT2D eigenvalue weighted by atomic mass is 32.2. The average Bonchev–Trinajstić information content (AvgIpc) is 3.25. The molecule has 2 atom stereocenters. The first-order valence-electron chi connectivity index (χ1n) is 11.0. The smallest absolute Gasteiger partial charge is 0.272 e. The number of carbonyl (C=O) groups is 1. The molecule has 3 aliphatic rings. The molecular weight excluding hydrogens is 388 g/mol. The van der Waals surface area contributed by atoms with Gasteiger partial charge in [-0.1, -0.05) is 6.92 Å². The van der Waals surface area contributed by atoms with Gasteiger partial charge in [-0.3, -0.25) is 9.48 Å². The molecular formula is C21H34N4O3S. The van der Waals surface area contributed by atoms with Crippen molar-refractivity contribution in [2.45, 2.75) is 70.4 Å². The molecule has 7 nitrogen and oxygen atoms in total. The van der Waals surface area contributed by atoms with E-state index in [4.69, 9.17) is 0 Å². The summed E-state index contributed by atoms with van der Waals surface area (Å²) in [5, 5.41) is 7.76. The summed E-state index contributed by atoms with van der Waals surface area (Å²) in [6.45, 7) is 9.39. The van der Waals surface area contributed by atoms with Crippen molar-refractivity contribution in [2.75, 3.05) is 31.1 Å². The molecule has 29 heavy (non-hydrogen) atoms. The van der Waals surface area contributed by atoms with Crippen LogP contribution in [0.15, 0.2) is 6.07 Å². The standard InChI is InChI=1S/C21H34N4O3S/c1-15-5-4-9-24(12-15)14-21(2,3)22-20(26)18-11-19(16-6-7-16)25(23-18)17-8-10-29(27,28)13-17/h11,15-17H,4-10,12-14H2,1-3H3,(H,22,26)/t15-,17+/m1/s1. The number of carbonyl (C=O) groups excluding carboxylic acids is 1. The van der Waals surface area contributed by atoms with Gasteiger partial charge in [-0.05, 0) is 64.5 Å². The van der Waals surface area contributed by atoms with Gasteiger partial charge in [0.1, 0.15) is 5.69 Å². The predicted octanol–water partition coefficient (Wildman–Crippen LogP) is 2.36. The second-order valence-corrected chi connectivity index (χ2v) is 12.3. The summed E-state index contributed by atoms with van der Waals surface area (Å²) in [5.74, 6) is 1.30. The molecule has 8 heteroatoms. The van der Waals surface area contributed by atoms with E-state index in [0.717, 1.165) is 38.2 Å². The van der Waals surface area contributed by atoms with Crippen molar-refractivity contribution in [1.29, 1.82) is 0 Å². The Balaban J connectivity index is 1.46. The lowest BCUT2D eigenvalue weighted by Crippen LogP contribution is -2.53. The first kappa shape index (κ1) is 20.8. The van der Waals surface area contributed by atoms with Gasteiger partial charge in [0.05, 0.1) is 17.5 Å². The van der Waals surface area contributed by atoms with Gasteiger partial charge in [-0.25, -0.2) is 8.42 Å². The molecule has 1 saturated carbocycles. The largest absolute Gasteiger partial charge is 0.344 e. The quantitative estimate of drug-likeness (QED) is 0.761. The van der Waals surface area contributed by atoms with Gasteiger partial charge >= 0.3 is 0 Å². The molecule has 162 valence electrons. The van der Waals surface area contributed by atoms with E-state index in [1.807, 2.05) is 10.7 Å². The van der Waals surface area contributed by atoms with E-state index in [2.05, 4.69) is 36.1 Å². The van der Waals surface area contributed by atoms with Gasteiger partial charge in [-0.2, -0.15) is 5.10 Å². The topological polar surface area (TPSA) is 84.3 Å². The molecule has 3 fully saturated rings. The Morgan fingerprint density at radius 1 is 1.28 bits per heavy atom. The summed E-state index contributed by atoms with van der Waals surface area (Å²) in [5.41, 5.74) is 1.09. The second-order valence-electron chi connectivity index (χ2n) is 10.1. The lowest BCUT2D eigenvalue weighted by molar-refractivity contribution is 0.0857. The monoisotopic (exact) mass is 422 g/mol. The highest BCUT2D eigenvalue weighted by molar-refractivity contribution is 7.91. The van der Waals surface area contributed by atoms with Crippen LogP contribution in [-0.2, 0) is 9.84 Å². The van der Waals surface area contributed by atoms with Crippen molar-refractivity contribution in [3.05, 3.63) is 17.5 Å². The molecule has 1 aliphatic carbocycles. The number of nitrogens with zero attached hydrogens (tertiary/aromatic N) is 3. The molecule has 4 rings (SSSR count). The fourth-order valence-electron chi connectivity index (χ4n) is 4.86. The molecule has 0 radical (unpaired) electrons. The molecule has 3 heterocycles. The maximum Gasteiger partial charge on any atom is 0.272 e. The molecule has 2 aliphatic heterocycles. The fraction of sp³-hybridized carbons (Fsp3) is 0.810. The number of nitrogens with one attached hydrogen (secondary N) is 1. The van der Waals surface area contributed by atoms with Crippen LogP contribution in [0.5, 0.6) is 0 Å². The molecule has 1 amide bonds. The molecule has 0 bridgehead atoms. The summed E-state index contributed by atoms with van der Waals surface area (Å²) in [4.78, 5) is 15.4. The molecule has 1 aromatic rings. The first-order valence-corrected chi connectivity index (χ1v) is 12.8. The number of rotatable bonds is 6. The van der Waals surface area contributed by atoms with Crippen molar-refractivity contribution in [3.63, 3.8) is 0 Å². The maximum atomic E-state index is 13.0. The Hall–Kier alpha value is -1.41. The average molecular weight is 423 g/mol. The summed E-state index contributed by atoms with van der Waals surface area (Å²) >= 11 is 0. The minimum Gasteiger partial charge on any atom is -0.344 e. The minimum atomic E-state index is -2.99. The van der Waals surface area contributed by atoms with E-state index in [1.165, 1.54) is 12.8 Å². The van der Waals surface area contributed by atoms with Crippen molar-refractivity contribution in [1.82, 2.24) is 20.0 Å². The zero-order valence-electron chi connectivity index (χ0n) is 17.9. The summed E-state index contributed by atoms with van der Waals surface area (Å²) < 4.78 is 25.7. The molecule has 0 unspecified atom stereocenters. The molecule has 1 N–H and O–H groups in total. The van der Waals surface area contributed by atoms with Crippen LogP contribution < -0.4 is 5.32 Å². The minimum absolute atomic E-state index is 0.133. The predicted molar refractivity (Wildman–Crippen MR) is 113 cm³/mol. The van der Waals surface area contributed by atoms with Crippen LogP contribution in [0.3, 0.4) is 0 Å².